The zero-order valence-electron chi connectivity index (χ0n) is 8.97. The van der Waals surface area contributed by atoms with Gasteiger partial charge in [-0.25, -0.2) is 0 Å². The molecule has 0 heteroatoms. The van der Waals surface area contributed by atoms with Crippen molar-refractivity contribution in [1.29, 1.82) is 0 Å². The molecule has 1 saturated carbocycles. The minimum absolute atomic E-state index is 0.910. The van der Waals surface area contributed by atoms with E-state index in [1.807, 2.05) is 0 Å². The van der Waals surface area contributed by atoms with Gasteiger partial charge in [0.2, 0.25) is 0 Å². The molecule has 0 aromatic rings. The molecule has 1 rings (SSSR count). The molecule has 72 valence electrons. The second-order valence-electron chi connectivity index (χ2n) is 4.74. The third kappa shape index (κ3) is 2.50. The highest BCUT2D eigenvalue weighted by Crippen LogP contribution is 2.37. The van der Waals surface area contributed by atoms with Gasteiger partial charge in [-0.3, -0.25) is 0 Å². The van der Waals surface area contributed by atoms with Crippen LogP contribution in [-0.2, 0) is 0 Å². The lowest BCUT2D eigenvalue weighted by atomic mass is 9.79. The molecule has 0 amide bonds. The molecule has 1 fully saturated rings. The largest absolute Gasteiger partial charge is 0.0654 e. The number of rotatable bonds is 4. The highest BCUT2D eigenvalue weighted by molar-refractivity contribution is 4.77. The molecule has 0 heterocycles. The Hall–Kier alpha value is 0. The Kier molecular flexibility index (Phi) is 4.11. The molecule has 0 aliphatic heterocycles. The van der Waals surface area contributed by atoms with E-state index in [0.29, 0.717) is 0 Å². The van der Waals surface area contributed by atoms with Gasteiger partial charge in [0.15, 0.2) is 0 Å². The first-order valence-corrected chi connectivity index (χ1v) is 5.75. The second kappa shape index (κ2) is 4.89. The lowest BCUT2D eigenvalue weighted by Gasteiger charge is -2.26. The van der Waals surface area contributed by atoms with Crippen LogP contribution < -0.4 is 0 Å². The van der Waals surface area contributed by atoms with Crippen LogP contribution in [0.1, 0.15) is 59.3 Å². The van der Waals surface area contributed by atoms with E-state index in [0.717, 1.165) is 17.8 Å². The van der Waals surface area contributed by atoms with Gasteiger partial charge in [0.1, 0.15) is 0 Å². The molecule has 0 unspecified atom stereocenters. The maximum Gasteiger partial charge on any atom is -0.0363 e. The maximum atomic E-state index is 2.40. The van der Waals surface area contributed by atoms with Crippen LogP contribution >= 0.6 is 0 Å². The fourth-order valence-electron chi connectivity index (χ4n) is 2.83. The average molecular weight is 168 g/mol. The monoisotopic (exact) mass is 168 g/mol. The quantitative estimate of drug-likeness (QED) is 0.588. The Morgan fingerprint density at radius 3 is 2.17 bits per heavy atom. The summed E-state index contributed by atoms with van der Waals surface area (Å²) < 4.78 is 0. The third-order valence-corrected chi connectivity index (χ3v) is 3.48. The first kappa shape index (κ1) is 10.1. The Bertz CT molecular complexity index is 109. The Labute approximate surface area is 77.7 Å². The first-order chi connectivity index (χ1) is 5.75. The summed E-state index contributed by atoms with van der Waals surface area (Å²) in [4.78, 5) is 0. The molecule has 0 radical (unpaired) electrons. The van der Waals surface area contributed by atoms with Crippen molar-refractivity contribution in [3.63, 3.8) is 0 Å². The predicted molar refractivity (Wildman–Crippen MR) is 55.2 cm³/mol. The Morgan fingerprint density at radius 1 is 1.17 bits per heavy atom. The summed E-state index contributed by atoms with van der Waals surface area (Å²) in [6.07, 6.45) is 8.86. The smallest absolute Gasteiger partial charge is 0.0363 e. The highest BCUT2D eigenvalue weighted by atomic mass is 14.3. The van der Waals surface area contributed by atoms with E-state index in [4.69, 9.17) is 0 Å². The minimum Gasteiger partial charge on any atom is -0.0654 e. The minimum atomic E-state index is 0.910. The van der Waals surface area contributed by atoms with Crippen LogP contribution in [0.15, 0.2) is 0 Å². The van der Waals surface area contributed by atoms with E-state index in [9.17, 15) is 0 Å². The Balaban J connectivity index is 2.40. The summed E-state index contributed by atoms with van der Waals surface area (Å²) in [7, 11) is 0. The molecule has 0 N–H and O–H groups in total. The van der Waals surface area contributed by atoms with Gasteiger partial charge in [0, 0.05) is 0 Å². The average Bonchev–Trinajstić information content (AvgIpc) is 2.51. The predicted octanol–water partition coefficient (Wildman–Crippen LogP) is 4.25. The van der Waals surface area contributed by atoms with Crippen LogP contribution in [0.4, 0.5) is 0 Å². The van der Waals surface area contributed by atoms with Crippen molar-refractivity contribution >= 4 is 0 Å². The lowest BCUT2D eigenvalue weighted by molar-refractivity contribution is 0.239. The second-order valence-corrected chi connectivity index (χ2v) is 4.74. The molecule has 12 heavy (non-hydrogen) atoms. The van der Waals surface area contributed by atoms with Gasteiger partial charge in [-0.05, 0) is 17.8 Å². The van der Waals surface area contributed by atoms with Crippen molar-refractivity contribution in [2.45, 2.75) is 59.3 Å². The molecule has 0 nitrogen and oxygen atoms in total. The van der Waals surface area contributed by atoms with Crippen molar-refractivity contribution in [1.82, 2.24) is 0 Å². The van der Waals surface area contributed by atoms with Crippen molar-refractivity contribution in [2.24, 2.45) is 17.8 Å². The summed E-state index contributed by atoms with van der Waals surface area (Å²) in [5.41, 5.74) is 0. The summed E-state index contributed by atoms with van der Waals surface area (Å²) in [5, 5.41) is 0. The molecular formula is C12H24. The molecule has 0 saturated heterocycles. The van der Waals surface area contributed by atoms with Crippen LogP contribution in [0.5, 0.6) is 0 Å². The standard InChI is InChI=1S/C12H24/c1-4-7-12(10(2)3)11-8-5-6-9-11/h10-12H,4-9H2,1-3H3/t12-/m1/s1. The van der Waals surface area contributed by atoms with Gasteiger partial charge in [-0.15, -0.1) is 0 Å². The van der Waals surface area contributed by atoms with Gasteiger partial charge in [-0.1, -0.05) is 59.3 Å². The normalized spacial score (nSPS) is 22.0. The third-order valence-electron chi connectivity index (χ3n) is 3.48. The van der Waals surface area contributed by atoms with Crippen molar-refractivity contribution < 1.29 is 0 Å². The molecule has 0 bridgehead atoms. The van der Waals surface area contributed by atoms with Gasteiger partial charge < -0.3 is 0 Å². The van der Waals surface area contributed by atoms with E-state index >= 15 is 0 Å². The van der Waals surface area contributed by atoms with Crippen LogP contribution in [-0.4, -0.2) is 0 Å². The number of hydrogen-bond acceptors (Lipinski definition) is 0. The van der Waals surface area contributed by atoms with Crippen LogP contribution in [0, 0.1) is 17.8 Å². The summed E-state index contributed by atoms with van der Waals surface area (Å²) in [6, 6.07) is 0. The molecule has 1 aliphatic carbocycles. The van der Waals surface area contributed by atoms with Crippen LogP contribution in [0.25, 0.3) is 0 Å². The van der Waals surface area contributed by atoms with E-state index < -0.39 is 0 Å². The molecule has 1 atom stereocenters. The summed E-state index contributed by atoms with van der Waals surface area (Å²) in [6.45, 7) is 7.13. The van der Waals surface area contributed by atoms with E-state index in [1.54, 1.807) is 0 Å². The first-order valence-electron chi connectivity index (χ1n) is 5.75. The molecule has 1 aliphatic rings. The van der Waals surface area contributed by atoms with Gasteiger partial charge >= 0.3 is 0 Å². The maximum absolute atomic E-state index is 2.40. The SMILES string of the molecule is CCC[C@H](C(C)C)C1CCCC1. The van der Waals surface area contributed by atoms with Crippen LogP contribution in [0.3, 0.4) is 0 Å². The van der Waals surface area contributed by atoms with Crippen LogP contribution in [0.2, 0.25) is 0 Å². The zero-order valence-corrected chi connectivity index (χ0v) is 8.97. The van der Waals surface area contributed by atoms with Gasteiger partial charge in [0.05, 0.1) is 0 Å². The summed E-state index contributed by atoms with van der Waals surface area (Å²) in [5.74, 6) is 3.01. The lowest BCUT2D eigenvalue weighted by Crippen LogP contribution is -2.17. The van der Waals surface area contributed by atoms with Crippen molar-refractivity contribution in [3.05, 3.63) is 0 Å². The number of hydrogen-bond donors (Lipinski definition) is 0. The van der Waals surface area contributed by atoms with Crippen molar-refractivity contribution in [2.75, 3.05) is 0 Å². The fraction of sp³-hybridized carbons (Fsp3) is 1.00. The van der Waals surface area contributed by atoms with Crippen molar-refractivity contribution in [3.8, 4) is 0 Å². The van der Waals surface area contributed by atoms with Gasteiger partial charge in [0.25, 0.3) is 0 Å². The topological polar surface area (TPSA) is 0 Å². The van der Waals surface area contributed by atoms with E-state index in [1.165, 1.54) is 38.5 Å². The molecule has 0 aromatic heterocycles. The van der Waals surface area contributed by atoms with Gasteiger partial charge in [-0.2, -0.15) is 0 Å². The van der Waals surface area contributed by atoms with E-state index in [2.05, 4.69) is 20.8 Å². The van der Waals surface area contributed by atoms with E-state index in [-0.39, 0.29) is 0 Å². The molecule has 0 spiro atoms. The molecular weight excluding hydrogens is 144 g/mol. The molecule has 0 aromatic carbocycles. The highest BCUT2D eigenvalue weighted by Gasteiger charge is 2.26. The summed E-state index contributed by atoms with van der Waals surface area (Å²) >= 11 is 0. The zero-order chi connectivity index (χ0) is 8.97. The Morgan fingerprint density at radius 2 is 1.75 bits per heavy atom. The fourth-order valence-corrected chi connectivity index (χ4v) is 2.83.